The number of aromatic hydroxyl groups is 1. The van der Waals surface area contributed by atoms with Crippen LogP contribution in [0, 0.1) is 6.92 Å². The third-order valence-electron chi connectivity index (χ3n) is 5.18. The minimum atomic E-state index is -0.318. The van der Waals surface area contributed by atoms with E-state index in [1.54, 1.807) is 18.3 Å². The summed E-state index contributed by atoms with van der Waals surface area (Å²) in [6.07, 6.45) is 3.97. The SMILES string of the molecule is CCN1c2cc(C)c(/C=N/NC(=O)c3ccc(O)cc3)cc2C(C)=CC1(C)C. The number of anilines is 1. The lowest BCUT2D eigenvalue weighted by Crippen LogP contribution is -2.45. The van der Waals surface area contributed by atoms with E-state index in [9.17, 15) is 9.90 Å². The maximum absolute atomic E-state index is 12.1. The molecular formula is C23H27N3O2. The number of nitrogens with one attached hydrogen (secondary N) is 1. The summed E-state index contributed by atoms with van der Waals surface area (Å²) in [5, 5.41) is 13.4. The van der Waals surface area contributed by atoms with Crippen molar-refractivity contribution in [2.45, 2.75) is 40.2 Å². The van der Waals surface area contributed by atoms with Crippen molar-refractivity contribution in [1.82, 2.24) is 5.43 Å². The number of aryl methyl sites for hydroxylation is 1. The van der Waals surface area contributed by atoms with Crippen LogP contribution in [0.4, 0.5) is 5.69 Å². The van der Waals surface area contributed by atoms with Gasteiger partial charge in [0.25, 0.3) is 5.91 Å². The van der Waals surface area contributed by atoms with Gasteiger partial charge in [-0.25, -0.2) is 5.43 Å². The first-order valence-corrected chi connectivity index (χ1v) is 9.47. The average molecular weight is 377 g/mol. The molecule has 1 aliphatic rings. The summed E-state index contributed by atoms with van der Waals surface area (Å²) >= 11 is 0. The van der Waals surface area contributed by atoms with Crippen molar-refractivity contribution in [2.24, 2.45) is 5.10 Å². The van der Waals surface area contributed by atoms with Crippen LogP contribution in [0.5, 0.6) is 5.75 Å². The number of hydrogen-bond acceptors (Lipinski definition) is 4. The molecule has 0 atom stereocenters. The number of phenolic OH excluding ortho intramolecular Hbond substituents is 1. The monoisotopic (exact) mass is 377 g/mol. The minimum absolute atomic E-state index is 0.0219. The van der Waals surface area contributed by atoms with E-state index in [1.807, 2.05) is 0 Å². The highest BCUT2D eigenvalue weighted by molar-refractivity contribution is 5.95. The number of allylic oxidation sites excluding steroid dienone is 1. The normalized spacial score (nSPS) is 15.3. The maximum Gasteiger partial charge on any atom is 0.271 e. The van der Waals surface area contributed by atoms with Crippen LogP contribution in [0.15, 0.2) is 47.6 Å². The Balaban J connectivity index is 1.84. The van der Waals surface area contributed by atoms with Gasteiger partial charge < -0.3 is 10.0 Å². The third-order valence-corrected chi connectivity index (χ3v) is 5.18. The van der Waals surface area contributed by atoms with Gasteiger partial charge in [0.1, 0.15) is 5.75 Å². The van der Waals surface area contributed by atoms with Crippen LogP contribution < -0.4 is 10.3 Å². The van der Waals surface area contributed by atoms with Gasteiger partial charge in [-0.2, -0.15) is 5.10 Å². The van der Waals surface area contributed by atoms with Crippen molar-refractivity contribution in [1.29, 1.82) is 0 Å². The first-order valence-electron chi connectivity index (χ1n) is 9.47. The number of phenols is 1. The van der Waals surface area contributed by atoms with Crippen LogP contribution in [0.1, 0.15) is 54.7 Å². The summed E-state index contributed by atoms with van der Waals surface area (Å²) in [6.45, 7) is 11.7. The van der Waals surface area contributed by atoms with Gasteiger partial charge in [0.2, 0.25) is 0 Å². The number of carbonyl (C=O) groups excluding carboxylic acids is 1. The Kier molecular flexibility index (Phi) is 5.27. The summed E-state index contributed by atoms with van der Waals surface area (Å²) < 4.78 is 0. The summed E-state index contributed by atoms with van der Waals surface area (Å²) in [5.41, 5.74) is 8.70. The van der Waals surface area contributed by atoms with Crippen molar-refractivity contribution < 1.29 is 9.90 Å². The van der Waals surface area contributed by atoms with Crippen LogP contribution in [0.25, 0.3) is 5.57 Å². The minimum Gasteiger partial charge on any atom is -0.508 e. The molecule has 5 nitrogen and oxygen atoms in total. The fourth-order valence-corrected chi connectivity index (χ4v) is 3.80. The molecule has 146 valence electrons. The molecule has 2 aromatic carbocycles. The van der Waals surface area contributed by atoms with Crippen LogP contribution in [0.3, 0.4) is 0 Å². The van der Waals surface area contributed by atoms with Crippen LogP contribution in [-0.2, 0) is 0 Å². The van der Waals surface area contributed by atoms with E-state index in [0.717, 1.165) is 17.7 Å². The molecule has 1 aliphatic heterocycles. The van der Waals surface area contributed by atoms with Gasteiger partial charge in [0, 0.05) is 23.4 Å². The second-order valence-corrected chi connectivity index (χ2v) is 7.70. The lowest BCUT2D eigenvalue weighted by atomic mass is 9.87. The van der Waals surface area contributed by atoms with Crippen molar-refractivity contribution in [3.63, 3.8) is 0 Å². The highest BCUT2D eigenvalue weighted by Crippen LogP contribution is 2.39. The first-order chi connectivity index (χ1) is 13.2. The van der Waals surface area contributed by atoms with Gasteiger partial charge in [-0.3, -0.25) is 4.79 Å². The zero-order chi connectivity index (χ0) is 20.5. The molecule has 5 heteroatoms. The lowest BCUT2D eigenvalue weighted by Gasteiger charge is -2.43. The summed E-state index contributed by atoms with van der Waals surface area (Å²) in [4.78, 5) is 14.5. The molecule has 1 amide bonds. The average Bonchev–Trinajstić information content (AvgIpc) is 2.62. The molecule has 1 heterocycles. The van der Waals surface area contributed by atoms with Gasteiger partial charge in [-0.15, -0.1) is 0 Å². The van der Waals surface area contributed by atoms with E-state index < -0.39 is 0 Å². The molecule has 0 unspecified atom stereocenters. The maximum atomic E-state index is 12.1. The molecule has 0 bridgehead atoms. The molecule has 0 saturated heterocycles. The Morgan fingerprint density at radius 3 is 2.54 bits per heavy atom. The van der Waals surface area contributed by atoms with Crippen LogP contribution >= 0.6 is 0 Å². The Morgan fingerprint density at radius 1 is 1.21 bits per heavy atom. The van der Waals surface area contributed by atoms with E-state index in [2.05, 4.69) is 68.3 Å². The van der Waals surface area contributed by atoms with E-state index in [4.69, 9.17) is 0 Å². The summed E-state index contributed by atoms with van der Waals surface area (Å²) in [5.74, 6) is -0.195. The van der Waals surface area contributed by atoms with E-state index in [-0.39, 0.29) is 17.2 Å². The van der Waals surface area contributed by atoms with Gasteiger partial charge >= 0.3 is 0 Å². The molecule has 28 heavy (non-hydrogen) atoms. The Labute approximate surface area is 166 Å². The second-order valence-electron chi connectivity index (χ2n) is 7.70. The summed E-state index contributed by atoms with van der Waals surface area (Å²) in [6, 6.07) is 10.4. The number of carbonyl (C=O) groups is 1. The van der Waals surface area contributed by atoms with Crippen molar-refractivity contribution >= 4 is 23.4 Å². The standard InChI is InChI=1S/C23H27N3O2/c1-6-26-21-11-15(2)18(12-20(21)16(3)13-23(26,4)5)14-24-25-22(28)17-7-9-19(27)10-8-17/h7-14,27H,6H2,1-5H3,(H,25,28)/b24-14+. The van der Waals surface area contributed by atoms with Crippen LogP contribution in [-0.4, -0.2) is 29.3 Å². The van der Waals surface area contributed by atoms with Gasteiger partial charge in [-0.05, 0) is 87.7 Å². The third kappa shape index (κ3) is 3.79. The zero-order valence-corrected chi connectivity index (χ0v) is 17.1. The molecule has 0 saturated carbocycles. The predicted octanol–water partition coefficient (Wildman–Crippen LogP) is 4.49. The number of hydrazone groups is 1. The number of rotatable bonds is 4. The molecule has 3 rings (SSSR count). The second kappa shape index (κ2) is 7.50. The molecule has 0 aliphatic carbocycles. The smallest absolute Gasteiger partial charge is 0.271 e. The molecule has 0 aromatic heterocycles. The number of fused-ring (bicyclic) bond motifs is 1. The topological polar surface area (TPSA) is 64.9 Å². The molecule has 2 aromatic rings. The highest BCUT2D eigenvalue weighted by Gasteiger charge is 2.30. The fourth-order valence-electron chi connectivity index (χ4n) is 3.80. The molecular weight excluding hydrogens is 350 g/mol. The van der Waals surface area contributed by atoms with Gasteiger partial charge in [-0.1, -0.05) is 6.08 Å². The number of hydrogen-bond donors (Lipinski definition) is 2. The molecule has 0 spiro atoms. The largest absolute Gasteiger partial charge is 0.508 e. The van der Waals surface area contributed by atoms with E-state index >= 15 is 0 Å². The number of nitrogens with zero attached hydrogens (tertiary/aromatic N) is 2. The zero-order valence-electron chi connectivity index (χ0n) is 17.1. The van der Waals surface area contributed by atoms with Gasteiger partial charge in [0.15, 0.2) is 0 Å². The van der Waals surface area contributed by atoms with Crippen LogP contribution in [0.2, 0.25) is 0 Å². The number of benzene rings is 2. The van der Waals surface area contributed by atoms with Crippen molar-refractivity contribution in [3.05, 3.63) is 64.7 Å². The highest BCUT2D eigenvalue weighted by atomic mass is 16.3. The molecule has 0 radical (unpaired) electrons. The lowest BCUT2D eigenvalue weighted by molar-refractivity contribution is 0.0955. The van der Waals surface area contributed by atoms with Crippen molar-refractivity contribution in [3.8, 4) is 5.75 Å². The Hall–Kier alpha value is -3.08. The fraction of sp³-hybridized carbons (Fsp3) is 0.304. The molecule has 2 N–H and O–H groups in total. The Morgan fingerprint density at radius 2 is 1.89 bits per heavy atom. The Bertz CT molecular complexity index is 957. The number of likely N-dealkylation sites (N-methyl/N-ethyl adjacent to an activating group) is 1. The van der Waals surface area contributed by atoms with E-state index in [1.165, 1.54) is 29.0 Å². The van der Waals surface area contributed by atoms with Gasteiger partial charge in [0.05, 0.1) is 11.8 Å². The van der Waals surface area contributed by atoms with Crippen molar-refractivity contribution in [2.75, 3.05) is 11.4 Å². The molecule has 0 fully saturated rings. The predicted molar refractivity (Wildman–Crippen MR) is 115 cm³/mol. The number of amides is 1. The quantitative estimate of drug-likeness (QED) is 0.610. The summed E-state index contributed by atoms with van der Waals surface area (Å²) in [7, 11) is 0. The first kappa shape index (κ1) is 19.7. The van der Waals surface area contributed by atoms with E-state index in [0.29, 0.717) is 5.56 Å².